The first kappa shape index (κ1) is 7.52. The quantitative estimate of drug-likeness (QED) is 0.508. The van der Waals surface area contributed by atoms with Crippen LogP contribution in [-0.2, 0) is 4.79 Å². The maximum Gasteiger partial charge on any atom is 0.132 e. The smallest absolute Gasteiger partial charge is 0.132 e. The summed E-state index contributed by atoms with van der Waals surface area (Å²) in [6.45, 7) is 5.94. The fraction of sp³-hybridized carbons (Fsp3) is 0.667. The summed E-state index contributed by atoms with van der Waals surface area (Å²) in [7, 11) is 0. The molecule has 1 aliphatic rings. The SMILES string of the molecule is C=CC1(C)CCC(=O)CC1. The van der Waals surface area contributed by atoms with Gasteiger partial charge in [0.05, 0.1) is 0 Å². The molecule has 0 aliphatic heterocycles. The average Bonchev–Trinajstić information content (AvgIpc) is 1.96. The van der Waals surface area contributed by atoms with Gasteiger partial charge in [-0.1, -0.05) is 13.0 Å². The largest absolute Gasteiger partial charge is 0.300 e. The fourth-order valence-corrected chi connectivity index (χ4v) is 1.30. The van der Waals surface area contributed by atoms with Crippen LogP contribution in [0.5, 0.6) is 0 Å². The van der Waals surface area contributed by atoms with Crippen LogP contribution in [0.1, 0.15) is 32.6 Å². The second kappa shape index (κ2) is 2.57. The number of carbonyl (C=O) groups excluding carboxylic acids is 1. The van der Waals surface area contributed by atoms with Gasteiger partial charge in [0.2, 0.25) is 0 Å². The Morgan fingerprint density at radius 2 is 2.00 bits per heavy atom. The molecule has 0 aromatic heterocycles. The minimum atomic E-state index is 0.244. The molecule has 56 valence electrons. The van der Waals surface area contributed by atoms with Gasteiger partial charge in [-0.15, -0.1) is 6.58 Å². The van der Waals surface area contributed by atoms with Crippen LogP contribution in [0.2, 0.25) is 0 Å². The van der Waals surface area contributed by atoms with Crippen LogP contribution in [-0.4, -0.2) is 5.78 Å². The molecule has 0 aromatic rings. The summed E-state index contributed by atoms with van der Waals surface area (Å²) in [6.07, 6.45) is 5.48. The summed E-state index contributed by atoms with van der Waals surface area (Å²) in [6, 6.07) is 0. The Balaban J connectivity index is 2.53. The number of allylic oxidation sites excluding steroid dienone is 1. The Bertz CT molecular complexity index is 148. The third-order valence-electron chi connectivity index (χ3n) is 2.44. The highest BCUT2D eigenvalue weighted by molar-refractivity contribution is 5.79. The first-order chi connectivity index (χ1) is 4.66. The Labute approximate surface area is 62.1 Å². The molecule has 0 saturated heterocycles. The van der Waals surface area contributed by atoms with Crippen molar-refractivity contribution in [2.75, 3.05) is 0 Å². The maximum absolute atomic E-state index is 10.8. The van der Waals surface area contributed by atoms with E-state index >= 15 is 0 Å². The fourth-order valence-electron chi connectivity index (χ4n) is 1.30. The first-order valence-electron chi connectivity index (χ1n) is 3.82. The summed E-state index contributed by atoms with van der Waals surface area (Å²) in [4.78, 5) is 10.8. The zero-order valence-corrected chi connectivity index (χ0v) is 6.52. The predicted octanol–water partition coefficient (Wildman–Crippen LogP) is 2.32. The second-order valence-corrected chi connectivity index (χ2v) is 3.40. The van der Waals surface area contributed by atoms with Gasteiger partial charge in [0.15, 0.2) is 0 Å². The summed E-state index contributed by atoms with van der Waals surface area (Å²) < 4.78 is 0. The maximum atomic E-state index is 10.8. The van der Waals surface area contributed by atoms with Crippen molar-refractivity contribution in [3.8, 4) is 0 Å². The summed E-state index contributed by atoms with van der Waals surface area (Å²) >= 11 is 0. The number of hydrogen-bond acceptors (Lipinski definition) is 1. The molecule has 0 aromatic carbocycles. The van der Waals surface area contributed by atoms with Crippen LogP contribution >= 0.6 is 0 Å². The van der Waals surface area contributed by atoms with E-state index < -0.39 is 0 Å². The molecule has 1 aliphatic carbocycles. The van der Waals surface area contributed by atoms with Gasteiger partial charge in [-0.05, 0) is 18.3 Å². The van der Waals surface area contributed by atoms with Gasteiger partial charge in [-0.25, -0.2) is 0 Å². The van der Waals surface area contributed by atoms with Gasteiger partial charge < -0.3 is 0 Å². The standard InChI is InChI=1S/C9H14O/c1-3-9(2)6-4-8(10)5-7-9/h3H,1,4-7H2,2H3. The van der Waals surface area contributed by atoms with Crippen molar-refractivity contribution in [3.63, 3.8) is 0 Å². The lowest BCUT2D eigenvalue weighted by Gasteiger charge is -2.28. The second-order valence-electron chi connectivity index (χ2n) is 3.40. The third-order valence-corrected chi connectivity index (χ3v) is 2.44. The molecule has 0 unspecified atom stereocenters. The van der Waals surface area contributed by atoms with Crippen LogP contribution < -0.4 is 0 Å². The van der Waals surface area contributed by atoms with Gasteiger partial charge in [0.1, 0.15) is 5.78 Å². The van der Waals surface area contributed by atoms with E-state index in [1.165, 1.54) is 0 Å². The van der Waals surface area contributed by atoms with E-state index in [1.54, 1.807) is 0 Å². The molecule has 1 fully saturated rings. The van der Waals surface area contributed by atoms with Crippen LogP contribution in [0.4, 0.5) is 0 Å². The van der Waals surface area contributed by atoms with E-state index in [9.17, 15) is 4.79 Å². The van der Waals surface area contributed by atoms with Crippen LogP contribution in [0.25, 0.3) is 0 Å². The molecule has 0 heterocycles. The van der Waals surface area contributed by atoms with Crippen molar-refractivity contribution < 1.29 is 4.79 Å². The minimum absolute atomic E-state index is 0.244. The normalized spacial score (nSPS) is 24.3. The van der Waals surface area contributed by atoms with Crippen molar-refractivity contribution in [1.29, 1.82) is 0 Å². The van der Waals surface area contributed by atoms with Gasteiger partial charge >= 0.3 is 0 Å². The van der Waals surface area contributed by atoms with Crippen LogP contribution in [0.3, 0.4) is 0 Å². The molecule has 0 radical (unpaired) electrons. The number of carbonyl (C=O) groups is 1. The molecular formula is C9H14O. The minimum Gasteiger partial charge on any atom is -0.300 e. The number of rotatable bonds is 1. The molecule has 0 atom stereocenters. The highest BCUT2D eigenvalue weighted by Gasteiger charge is 2.26. The van der Waals surface area contributed by atoms with E-state index in [0.29, 0.717) is 5.78 Å². The molecule has 10 heavy (non-hydrogen) atoms. The highest BCUT2D eigenvalue weighted by Crippen LogP contribution is 2.34. The van der Waals surface area contributed by atoms with Crippen LogP contribution in [0.15, 0.2) is 12.7 Å². The molecule has 1 saturated carbocycles. The van der Waals surface area contributed by atoms with E-state index in [1.807, 2.05) is 6.08 Å². The molecule has 0 bridgehead atoms. The number of hydrogen-bond donors (Lipinski definition) is 0. The molecule has 1 nitrogen and oxygen atoms in total. The van der Waals surface area contributed by atoms with Gasteiger partial charge in [0.25, 0.3) is 0 Å². The summed E-state index contributed by atoms with van der Waals surface area (Å²) in [5, 5.41) is 0. The van der Waals surface area contributed by atoms with Crippen LogP contribution in [0, 0.1) is 5.41 Å². The lowest BCUT2D eigenvalue weighted by atomic mass is 9.75. The van der Waals surface area contributed by atoms with Crippen molar-refractivity contribution in [2.24, 2.45) is 5.41 Å². The molecule has 0 spiro atoms. The summed E-state index contributed by atoms with van der Waals surface area (Å²) in [5.41, 5.74) is 0.244. The number of ketones is 1. The average molecular weight is 138 g/mol. The Kier molecular flexibility index (Phi) is 1.93. The Hall–Kier alpha value is -0.590. The lowest BCUT2D eigenvalue weighted by Crippen LogP contribution is -2.21. The van der Waals surface area contributed by atoms with Crippen molar-refractivity contribution in [2.45, 2.75) is 32.6 Å². The van der Waals surface area contributed by atoms with E-state index in [2.05, 4.69) is 13.5 Å². The third kappa shape index (κ3) is 1.47. The topological polar surface area (TPSA) is 17.1 Å². The first-order valence-corrected chi connectivity index (χ1v) is 3.82. The monoisotopic (exact) mass is 138 g/mol. The lowest BCUT2D eigenvalue weighted by molar-refractivity contribution is -0.121. The Morgan fingerprint density at radius 1 is 1.50 bits per heavy atom. The number of Topliss-reactive ketones (excluding diaryl/α,β-unsaturated/α-hetero) is 1. The predicted molar refractivity (Wildman–Crippen MR) is 41.8 cm³/mol. The zero-order valence-electron chi connectivity index (χ0n) is 6.52. The summed E-state index contributed by atoms with van der Waals surface area (Å²) in [5.74, 6) is 0.416. The molecule has 1 heteroatoms. The molecule has 1 rings (SSSR count). The molecular weight excluding hydrogens is 124 g/mol. The zero-order chi connectivity index (χ0) is 7.61. The van der Waals surface area contributed by atoms with Gasteiger partial charge in [0, 0.05) is 12.8 Å². The Morgan fingerprint density at radius 3 is 2.40 bits per heavy atom. The molecule has 0 amide bonds. The van der Waals surface area contributed by atoms with Crippen molar-refractivity contribution >= 4 is 5.78 Å². The van der Waals surface area contributed by atoms with E-state index in [0.717, 1.165) is 25.7 Å². The molecule has 0 N–H and O–H groups in total. The van der Waals surface area contributed by atoms with Gasteiger partial charge in [-0.3, -0.25) is 4.79 Å². The highest BCUT2D eigenvalue weighted by atomic mass is 16.1. The van der Waals surface area contributed by atoms with Crippen molar-refractivity contribution in [1.82, 2.24) is 0 Å². The van der Waals surface area contributed by atoms with E-state index in [4.69, 9.17) is 0 Å². The van der Waals surface area contributed by atoms with Crippen molar-refractivity contribution in [3.05, 3.63) is 12.7 Å². The van der Waals surface area contributed by atoms with E-state index in [-0.39, 0.29) is 5.41 Å². The van der Waals surface area contributed by atoms with Gasteiger partial charge in [-0.2, -0.15) is 0 Å².